The summed E-state index contributed by atoms with van der Waals surface area (Å²) in [5, 5.41) is 0. The van der Waals surface area contributed by atoms with Crippen molar-refractivity contribution < 1.29 is 17.9 Å². The van der Waals surface area contributed by atoms with E-state index >= 15 is 0 Å². The number of ether oxygens (including phenoxy) is 2. The van der Waals surface area contributed by atoms with Crippen LogP contribution in [-0.2, 0) is 10.0 Å². The minimum absolute atomic E-state index is 0.182. The summed E-state index contributed by atoms with van der Waals surface area (Å²) in [6, 6.07) is 18.6. The Balaban J connectivity index is 1.49. The molecule has 0 bridgehead atoms. The predicted molar refractivity (Wildman–Crippen MR) is 147 cm³/mol. The molecule has 0 spiro atoms. The number of methoxy groups -OCH3 is 1. The Morgan fingerprint density at radius 2 is 1.78 bits per heavy atom. The molecular formula is C29H33N3O4S. The number of rotatable bonds is 7. The number of likely N-dealkylation sites (N-methyl/N-ethyl adjacent to an activating group) is 1. The van der Waals surface area contributed by atoms with E-state index in [2.05, 4.69) is 22.7 Å². The van der Waals surface area contributed by atoms with Gasteiger partial charge in [-0.2, -0.15) is 0 Å². The summed E-state index contributed by atoms with van der Waals surface area (Å²) in [5.41, 5.74) is 5.59. The SMILES string of the molecule is CCOc1cc2c(cc1OC)C(c1ccc(NS(=O)(=O)c3ccc(C)cc3)cc1)=N[C@@H]1CCN(C)C[C@H]21. The van der Waals surface area contributed by atoms with Gasteiger partial charge in [-0.3, -0.25) is 9.71 Å². The number of hydrogen-bond donors (Lipinski definition) is 1. The van der Waals surface area contributed by atoms with Crippen LogP contribution in [0, 0.1) is 6.92 Å². The molecule has 1 fully saturated rings. The fraction of sp³-hybridized carbons (Fsp3) is 0.345. The van der Waals surface area contributed by atoms with Gasteiger partial charge in [-0.1, -0.05) is 29.8 Å². The molecule has 37 heavy (non-hydrogen) atoms. The third-order valence-corrected chi connectivity index (χ3v) is 8.50. The number of piperidine rings is 1. The second kappa shape index (κ2) is 10.2. The molecule has 2 aliphatic heterocycles. The molecule has 3 aromatic rings. The molecule has 194 valence electrons. The number of sulfonamides is 1. The molecular weight excluding hydrogens is 486 g/mol. The van der Waals surface area contributed by atoms with Crippen molar-refractivity contribution in [1.29, 1.82) is 0 Å². The molecule has 2 aliphatic rings. The van der Waals surface area contributed by atoms with E-state index in [1.54, 1.807) is 43.5 Å². The van der Waals surface area contributed by atoms with Crippen molar-refractivity contribution in [2.75, 3.05) is 38.6 Å². The summed E-state index contributed by atoms with van der Waals surface area (Å²) >= 11 is 0. The van der Waals surface area contributed by atoms with Crippen LogP contribution >= 0.6 is 0 Å². The van der Waals surface area contributed by atoms with Crippen molar-refractivity contribution in [2.24, 2.45) is 4.99 Å². The van der Waals surface area contributed by atoms with E-state index in [0.29, 0.717) is 18.0 Å². The zero-order chi connectivity index (χ0) is 26.2. The molecule has 3 aromatic carbocycles. The van der Waals surface area contributed by atoms with Crippen molar-refractivity contribution in [3.8, 4) is 11.5 Å². The summed E-state index contributed by atoms with van der Waals surface area (Å²) in [6.07, 6.45) is 0.981. The number of hydrogen-bond acceptors (Lipinski definition) is 6. The van der Waals surface area contributed by atoms with Crippen LogP contribution < -0.4 is 14.2 Å². The molecule has 0 aromatic heterocycles. The second-order valence-electron chi connectivity index (χ2n) is 9.72. The number of likely N-dealkylation sites (tertiary alicyclic amines) is 1. The maximum atomic E-state index is 12.8. The van der Waals surface area contributed by atoms with E-state index < -0.39 is 10.0 Å². The van der Waals surface area contributed by atoms with E-state index in [-0.39, 0.29) is 16.9 Å². The lowest BCUT2D eigenvalue weighted by atomic mass is 9.79. The average molecular weight is 520 g/mol. The van der Waals surface area contributed by atoms with Crippen molar-refractivity contribution in [2.45, 2.75) is 37.1 Å². The zero-order valence-corrected chi connectivity index (χ0v) is 22.5. The highest BCUT2D eigenvalue weighted by molar-refractivity contribution is 7.92. The van der Waals surface area contributed by atoms with E-state index in [0.717, 1.165) is 47.7 Å². The molecule has 2 atom stereocenters. The van der Waals surface area contributed by atoms with Gasteiger partial charge in [0.2, 0.25) is 0 Å². The van der Waals surface area contributed by atoms with Crippen LogP contribution in [0.2, 0.25) is 0 Å². The number of fused-ring (bicyclic) bond motifs is 3. The number of nitrogens with zero attached hydrogens (tertiary/aromatic N) is 2. The van der Waals surface area contributed by atoms with Crippen molar-refractivity contribution in [1.82, 2.24) is 4.90 Å². The lowest BCUT2D eigenvalue weighted by Gasteiger charge is -2.39. The lowest BCUT2D eigenvalue weighted by Crippen LogP contribution is -2.41. The number of nitrogens with one attached hydrogen (secondary N) is 1. The monoisotopic (exact) mass is 519 g/mol. The molecule has 0 amide bonds. The fourth-order valence-corrected chi connectivity index (χ4v) is 6.23. The highest BCUT2D eigenvalue weighted by atomic mass is 32.2. The van der Waals surface area contributed by atoms with Crippen molar-refractivity contribution in [3.05, 3.63) is 82.9 Å². The molecule has 0 saturated carbocycles. The largest absolute Gasteiger partial charge is 0.493 e. The standard InChI is InChI=1S/C29H33N3O4S/c1-5-36-28-16-23-24(17-27(28)35-4)29(30-26-14-15-32(3)18-25(23)26)20-8-10-21(11-9-20)31-37(33,34)22-12-6-19(2)7-13-22/h6-13,16-17,25-26,31H,5,14-15,18H2,1-4H3/t25-,26-/m1/s1. The van der Waals surface area contributed by atoms with Gasteiger partial charge < -0.3 is 14.4 Å². The summed E-state index contributed by atoms with van der Waals surface area (Å²) < 4.78 is 39.9. The molecule has 7 nitrogen and oxygen atoms in total. The number of aliphatic imine (C=N–C) groups is 1. The Hall–Kier alpha value is -3.36. The van der Waals surface area contributed by atoms with Gasteiger partial charge in [-0.25, -0.2) is 8.42 Å². The van der Waals surface area contributed by atoms with E-state index in [1.165, 1.54) is 5.56 Å². The number of benzene rings is 3. The van der Waals surface area contributed by atoms with Crippen LogP contribution in [0.15, 0.2) is 70.6 Å². The van der Waals surface area contributed by atoms with Crippen LogP contribution in [0.5, 0.6) is 11.5 Å². The molecule has 1 N–H and O–H groups in total. The van der Waals surface area contributed by atoms with Gasteiger partial charge >= 0.3 is 0 Å². The van der Waals surface area contributed by atoms with Crippen LogP contribution in [0.1, 0.15) is 41.5 Å². The predicted octanol–water partition coefficient (Wildman–Crippen LogP) is 4.84. The molecule has 0 radical (unpaired) electrons. The third kappa shape index (κ3) is 5.08. The first kappa shape index (κ1) is 25.3. The van der Waals surface area contributed by atoms with Gasteiger partial charge in [-0.15, -0.1) is 0 Å². The molecule has 2 heterocycles. The van der Waals surface area contributed by atoms with E-state index in [9.17, 15) is 8.42 Å². The Morgan fingerprint density at radius 3 is 2.46 bits per heavy atom. The van der Waals surface area contributed by atoms with Crippen LogP contribution in [0.3, 0.4) is 0 Å². The first-order chi connectivity index (χ1) is 17.8. The quantitative estimate of drug-likeness (QED) is 0.483. The summed E-state index contributed by atoms with van der Waals surface area (Å²) in [7, 11) is 0.128. The van der Waals surface area contributed by atoms with E-state index in [4.69, 9.17) is 14.5 Å². The maximum absolute atomic E-state index is 12.8. The Bertz CT molecular complexity index is 1420. The second-order valence-corrected chi connectivity index (χ2v) is 11.4. The number of anilines is 1. The highest BCUT2D eigenvalue weighted by Crippen LogP contribution is 2.42. The smallest absolute Gasteiger partial charge is 0.261 e. The molecule has 1 saturated heterocycles. The third-order valence-electron chi connectivity index (χ3n) is 7.11. The molecule has 0 unspecified atom stereocenters. The van der Waals surface area contributed by atoms with Crippen molar-refractivity contribution in [3.63, 3.8) is 0 Å². The Morgan fingerprint density at radius 1 is 1.05 bits per heavy atom. The first-order valence-electron chi connectivity index (χ1n) is 12.6. The van der Waals surface area contributed by atoms with Gasteiger partial charge in [0.05, 0.1) is 30.4 Å². The van der Waals surface area contributed by atoms with Crippen LogP contribution in [-0.4, -0.2) is 58.9 Å². The summed E-state index contributed by atoms with van der Waals surface area (Å²) in [4.78, 5) is 7.80. The summed E-state index contributed by atoms with van der Waals surface area (Å²) in [6.45, 7) is 6.39. The minimum Gasteiger partial charge on any atom is -0.493 e. The minimum atomic E-state index is -3.67. The molecule has 0 aliphatic carbocycles. The maximum Gasteiger partial charge on any atom is 0.261 e. The zero-order valence-electron chi connectivity index (χ0n) is 21.7. The summed E-state index contributed by atoms with van der Waals surface area (Å²) in [5.74, 6) is 1.71. The van der Waals surface area contributed by atoms with Crippen LogP contribution in [0.25, 0.3) is 0 Å². The topological polar surface area (TPSA) is 80.2 Å². The normalized spacial score (nSPS) is 19.4. The van der Waals surface area contributed by atoms with Crippen molar-refractivity contribution >= 4 is 21.4 Å². The average Bonchev–Trinajstić information content (AvgIpc) is 2.89. The van der Waals surface area contributed by atoms with E-state index in [1.807, 2.05) is 32.0 Å². The van der Waals surface area contributed by atoms with Gasteiger partial charge in [0.25, 0.3) is 10.0 Å². The van der Waals surface area contributed by atoms with Gasteiger partial charge in [0.1, 0.15) is 0 Å². The Labute approximate surface area is 219 Å². The van der Waals surface area contributed by atoms with Gasteiger partial charge in [-0.05, 0) is 75.8 Å². The lowest BCUT2D eigenvalue weighted by molar-refractivity contribution is 0.226. The first-order valence-corrected chi connectivity index (χ1v) is 14.1. The molecule has 5 rings (SSSR count). The molecule has 8 heteroatoms. The van der Waals surface area contributed by atoms with Crippen LogP contribution in [0.4, 0.5) is 5.69 Å². The van der Waals surface area contributed by atoms with Gasteiger partial charge in [0.15, 0.2) is 11.5 Å². The Kier molecular flexibility index (Phi) is 6.96. The highest BCUT2D eigenvalue weighted by Gasteiger charge is 2.36. The fourth-order valence-electron chi connectivity index (χ4n) is 5.17. The van der Waals surface area contributed by atoms with Gasteiger partial charge in [0, 0.05) is 29.3 Å². The number of aryl methyl sites for hydroxylation is 1.